The summed E-state index contributed by atoms with van der Waals surface area (Å²) in [4.78, 5) is 6.62. The number of nitrogens with two attached hydrogens (primary N) is 1. The third-order valence-electron chi connectivity index (χ3n) is 3.00. The predicted octanol–water partition coefficient (Wildman–Crippen LogP) is 3.01. The van der Waals surface area contributed by atoms with Crippen LogP contribution in [0.2, 0.25) is 5.02 Å². The lowest BCUT2D eigenvalue weighted by atomic mass is 10.1. The van der Waals surface area contributed by atoms with E-state index in [-0.39, 0.29) is 0 Å². The Bertz CT molecular complexity index is 461. The Hall–Kier alpha value is -0.390. The van der Waals surface area contributed by atoms with E-state index in [1.807, 2.05) is 30.0 Å². The zero-order valence-corrected chi connectivity index (χ0v) is 13.8. The first-order valence-electron chi connectivity index (χ1n) is 6.23. The van der Waals surface area contributed by atoms with Gasteiger partial charge in [-0.3, -0.25) is 4.99 Å². The van der Waals surface area contributed by atoms with E-state index < -0.39 is 0 Å². The summed E-state index contributed by atoms with van der Waals surface area (Å²) in [7, 11) is 0. The van der Waals surface area contributed by atoms with Crippen LogP contribution in [0.5, 0.6) is 0 Å². The maximum Gasteiger partial charge on any atom is 0.191 e. The van der Waals surface area contributed by atoms with Crippen LogP contribution in [0.3, 0.4) is 0 Å². The Morgan fingerprint density at radius 3 is 2.89 bits per heavy atom. The van der Waals surface area contributed by atoms with Crippen molar-refractivity contribution in [3.8, 4) is 0 Å². The molecule has 0 aliphatic carbocycles. The number of rotatable bonds is 3. The molecule has 0 aromatic heterocycles. The fraction of sp³-hybridized carbons (Fsp3) is 0.462. The minimum Gasteiger partial charge on any atom is -0.370 e. The Balaban J connectivity index is 1.89. The van der Waals surface area contributed by atoms with Gasteiger partial charge in [0.05, 0.1) is 0 Å². The highest BCUT2D eigenvalue weighted by molar-refractivity contribution is 9.10. The van der Waals surface area contributed by atoms with Gasteiger partial charge in [-0.25, -0.2) is 0 Å². The van der Waals surface area contributed by atoms with Crippen molar-refractivity contribution < 1.29 is 0 Å². The first-order chi connectivity index (χ1) is 9.16. The summed E-state index contributed by atoms with van der Waals surface area (Å²) in [6.07, 6.45) is 0.838. The molecule has 2 N–H and O–H groups in total. The van der Waals surface area contributed by atoms with Gasteiger partial charge in [0.25, 0.3) is 0 Å². The van der Waals surface area contributed by atoms with E-state index in [4.69, 9.17) is 17.3 Å². The van der Waals surface area contributed by atoms with Crippen LogP contribution in [0.25, 0.3) is 0 Å². The fourth-order valence-electron chi connectivity index (χ4n) is 1.92. The molecule has 2 rings (SSSR count). The van der Waals surface area contributed by atoms with E-state index in [1.54, 1.807) is 0 Å². The number of hydrogen-bond acceptors (Lipinski definition) is 2. The first kappa shape index (κ1) is 15.0. The lowest BCUT2D eigenvalue weighted by Crippen LogP contribution is -2.42. The molecule has 1 heterocycles. The lowest BCUT2D eigenvalue weighted by molar-refractivity contribution is 0.456. The topological polar surface area (TPSA) is 41.6 Å². The molecule has 0 atom stereocenters. The molecule has 0 bridgehead atoms. The lowest BCUT2D eigenvalue weighted by Gasteiger charge is -2.27. The smallest absolute Gasteiger partial charge is 0.191 e. The van der Waals surface area contributed by atoms with Crippen molar-refractivity contribution in [2.45, 2.75) is 6.42 Å². The van der Waals surface area contributed by atoms with E-state index in [0.717, 1.165) is 40.5 Å². The standard InChI is InChI=1S/C13H17BrClN3S/c14-12-2-1-11(15)9-10(12)3-4-17-13(16)18-5-7-19-8-6-18/h1-2,9H,3-8H2,(H2,16,17). The van der Waals surface area contributed by atoms with Crippen molar-refractivity contribution >= 4 is 45.3 Å². The number of benzene rings is 1. The van der Waals surface area contributed by atoms with Gasteiger partial charge in [-0.15, -0.1) is 0 Å². The number of guanidine groups is 1. The van der Waals surface area contributed by atoms with Gasteiger partial charge in [0.2, 0.25) is 0 Å². The molecule has 3 nitrogen and oxygen atoms in total. The zero-order valence-electron chi connectivity index (χ0n) is 10.6. The molecule has 1 aromatic carbocycles. The van der Waals surface area contributed by atoms with Crippen LogP contribution in [0.4, 0.5) is 0 Å². The summed E-state index contributed by atoms with van der Waals surface area (Å²) < 4.78 is 1.07. The van der Waals surface area contributed by atoms with Gasteiger partial charge >= 0.3 is 0 Å². The highest BCUT2D eigenvalue weighted by Crippen LogP contribution is 2.21. The maximum atomic E-state index is 6.01. The van der Waals surface area contributed by atoms with Gasteiger partial charge in [-0.1, -0.05) is 27.5 Å². The molecule has 1 aromatic rings. The van der Waals surface area contributed by atoms with E-state index in [0.29, 0.717) is 12.5 Å². The van der Waals surface area contributed by atoms with Gasteiger partial charge in [0, 0.05) is 40.6 Å². The summed E-state index contributed by atoms with van der Waals surface area (Å²) in [6, 6.07) is 5.81. The molecule has 0 saturated carbocycles. The van der Waals surface area contributed by atoms with Crippen LogP contribution in [0.15, 0.2) is 27.7 Å². The van der Waals surface area contributed by atoms with E-state index in [1.165, 1.54) is 5.56 Å². The van der Waals surface area contributed by atoms with Crippen molar-refractivity contribution in [1.29, 1.82) is 0 Å². The molecular formula is C13H17BrClN3S. The minimum atomic E-state index is 0.665. The molecular weight excluding hydrogens is 346 g/mol. The summed E-state index contributed by atoms with van der Waals surface area (Å²) in [5, 5.41) is 0.753. The fourth-order valence-corrected chi connectivity index (χ4v) is 3.46. The number of hydrogen-bond donors (Lipinski definition) is 1. The van der Waals surface area contributed by atoms with Crippen LogP contribution in [-0.4, -0.2) is 42.0 Å². The second kappa shape index (κ2) is 7.41. The predicted molar refractivity (Wildman–Crippen MR) is 88.2 cm³/mol. The number of aliphatic imine (C=N–C) groups is 1. The monoisotopic (exact) mass is 361 g/mol. The minimum absolute atomic E-state index is 0.665. The van der Waals surface area contributed by atoms with E-state index in [9.17, 15) is 0 Å². The molecule has 0 spiro atoms. The van der Waals surface area contributed by atoms with Crippen LogP contribution in [0, 0.1) is 0 Å². The summed E-state index contributed by atoms with van der Waals surface area (Å²) in [5.74, 6) is 2.94. The molecule has 0 unspecified atom stereocenters. The highest BCUT2D eigenvalue weighted by Gasteiger charge is 2.11. The van der Waals surface area contributed by atoms with Crippen LogP contribution >= 0.6 is 39.3 Å². The third-order valence-corrected chi connectivity index (χ3v) is 4.95. The first-order valence-corrected chi connectivity index (χ1v) is 8.56. The van der Waals surface area contributed by atoms with Gasteiger partial charge in [0.15, 0.2) is 5.96 Å². The summed E-state index contributed by atoms with van der Waals surface area (Å²) >= 11 is 11.5. The molecule has 0 radical (unpaired) electrons. The molecule has 1 fully saturated rings. The van der Waals surface area contributed by atoms with Crippen molar-refractivity contribution in [3.63, 3.8) is 0 Å². The molecule has 19 heavy (non-hydrogen) atoms. The van der Waals surface area contributed by atoms with E-state index in [2.05, 4.69) is 25.8 Å². The molecule has 104 valence electrons. The largest absolute Gasteiger partial charge is 0.370 e. The van der Waals surface area contributed by atoms with Crippen molar-refractivity contribution in [2.24, 2.45) is 10.7 Å². The summed E-state index contributed by atoms with van der Waals surface area (Å²) in [6.45, 7) is 2.69. The second-order valence-corrected chi connectivity index (χ2v) is 6.84. The number of halogens is 2. The van der Waals surface area contributed by atoms with Gasteiger partial charge in [0.1, 0.15) is 0 Å². The van der Waals surface area contributed by atoms with Gasteiger partial charge < -0.3 is 10.6 Å². The third kappa shape index (κ3) is 4.58. The Morgan fingerprint density at radius 2 is 2.16 bits per heavy atom. The average molecular weight is 363 g/mol. The molecule has 1 aliphatic heterocycles. The number of thioether (sulfide) groups is 1. The summed E-state index contributed by atoms with van der Waals surface area (Å²) in [5.41, 5.74) is 7.17. The van der Waals surface area contributed by atoms with E-state index >= 15 is 0 Å². The van der Waals surface area contributed by atoms with Crippen molar-refractivity contribution in [3.05, 3.63) is 33.3 Å². The Morgan fingerprint density at radius 1 is 1.42 bits per heavy atom. The zero-order chi connectivity index (χ0) is 13.7. The molecule has 1 saturated heterocycles. The molecule has 0 amide bonds. The highest BCUT2D eigenvalue weighted by atomic mass is 79.9. The maximum absolute atomic E-state index is 6.01. The SMILES string of the molecule is NC(=NCCc1cc(Cl)ccc1Br)N1CCSCC1. The van der Waals surface area contributed by atoms with Crippen LogP contribution < -0.4 is 5.73 Å². The molecule has 1 aliphatic rings. The van der Waals surface area contributed by atoms with Crippen molar-refractivity contribution in [2.75, 3.05) is 31.1 Å². The number of nitrogens with zero attached hydrogens (tertiary/aromatic N) is 2. The van der Waals surface area contributed by atoms with Gasteiger partial charge in [-0.05, 0) is 30.2 Å². The Kier molecular flexibility index (Phi) is 5.85. The molecule has 6 heteroatoms. The normalized spacial score (nSPS) is 16.7. The van der Waals surface area contributed by atoms with Gasteiger partial charge in [-0.2, -0.15) is 11.8 Å². The Labute approximate surface area is 131 Å². The van der Waals surface area contributed by atoms with Crippen LogP contribution in [0.1, 0.15) is 5.56 Å². The average Bonchev–Trinajstić information content (AvgIpc) is 2.43. The van der Waals surface area contributed by atoms with Crippen molar-refractivity contribution in [1.82, 2.24) is 4.90 Å². The van der Waals surface area contributed by atoms with Crippen LogP contribution in [-0.2, 0) is 6.42 Å². The quantitative estimate of drug-likeness (QED) is 0.664. The second-order valence-electron chi connectivity index (χ2n) is 4.33.